The second-order valence-corrected chi connectivity index (χ2v) is 7.51. The molecule has 1 heterocycles. The summed E-state index contributed by atoms with van der Waals surface area (Å²) in [7, 11) is -3.42. The summed E-state index contributed by atoms with van der Waals surface area (Å²) in [5.41, 5.74) is 0. The first-order valence-electron chi connectivity index (χ1n) is 7.64. The topological polar surface area (TPSA) is 37.4 Å². The van der Waals surface area contributed by atoms with E-state index in [1.165, 1.54) is 0 Å². The first kappa shape index (κ1) is 14.5. The Hall–Kier alpha value is -1.39. The van der Waals surface area contributed by atoms with Crippen LogP contribution in [-0.2, 0) is 10.0 Å². The number of hydrogen-bond donors (Lipinski definition) is 0. The molecule has 1 aliphatic rings. The van der Waals surface area contributed by atoms with Crippen molar-refractivity contribution in [2.75, 3.05) is 6.54 Å². The van der Waals surface area contributed by atoms with Crippen LogP contribution in [0, 0.1) is 0 Å². The van der Waals surface area contributed by atoms with E-state index in [0.717, 1.165) is 36.5 Å². The molecule has 0 unspecified atom stereocenters. The van der Waals surface area contributed by atoms with E-state index in [4.69, 9.17) is 0 Å². The highest BCUT2D eigenvalue weighted by Crippen LogP contribution is 2.30. The number of fused-ring (bicyclic) bond motifs is 1. The zero-order chi connectivity index (χ0) is 14.9. The predicted molar refractivity (Wildman–Crippen MR) is 85.8 cm³/mol. The zero-order valence-corrected chi connectivity index (χ0v) is 13.1. The molecule has 2 aromatic rings. The summed E-state index contributed by atoms with van der Waals surface area (Å²) >= 11 is 0. The number of sulfonamides is 1. The molecular weight excluding hydrogens is 282 g/mol. The molecule has 1 fully saturated rings. The highest BCUT2D eigenvalue weighted by Gasteiger charge is 2.33. The van der Waals surface area contributed by atoms with Gasteiger partial charge >= 0.3 is 0 Å². The molecule has 112 valence electrons. The van der Waals surface area contributed by atoms with Crippen molar-refractivity contribution < 1.29 is 8.42 Å². The summed E-state index contributed by atoms with van der Waals surface area (Å²) in [4.78, 5) is 0.445. The van der Waals surface area contributed by atoms with E-state index >= 15 is 0 Å². The van der Waals surface area contributed by atoms with Crippen LogP contribution in [0.25, 0.3) is 10.8 Å². The summed E-state index contributed by atoms with van der Waals surface area (Å²) in [6.07, 6.45) is 3.94. The van der Waals surface area contributed by atoms with Crippen molar-refractivity contribution in [1.82, 2.24) is 4.31 Å². The molecule has 2 aromatic carbocycles. The molecule has 0 radical (unpaired) electrons. The van der Waals surface area contributed by atoms with Crippen LogP contribution in [0.15, 0.2) is 47.4 Å². The summed E-state index contributed by atoms with van der Waals surface area (Å²) in [6.45, 7) is 2.71. The van der Waals surface area contributed by atoms with Crippen molar-refractivity contribution in [3.8, 4) is 0 Å². The number of benzene rings is 2. The van der Waals surface area contributed by atoms with Gasteiger partial charge in [-0.1, -0.05) is 49.7 Å². The van der Waals surface area contributed by atoms with Gasteiger partial charge in [0.15, 0.2) is 0 Å². The molecule has 1 atom stereocenters. The van der Waals surface area contributed by atoms with E-state index in [-0.39, 0.29) is 6.04 Å². The molecule has 0 aliphatic carbocycles. The maximum absolute atomic E-state index is 13.1. The van der Waals surface area contributed by atoms with Gasteiger partial charge in [0.2, 0.25) is 10.0 Å². The van der Waals surface area contributed by atoms with E-state index in [9.17, 15) is 8.42 Å². The van der Waals surface area contributed by atoms with Crippen molar-refractivity contribution >= 4 is 20.8 Å². The lowest BCUT2D eigenvalue weighted by molar-refractivity contribution is 0.247. The normalized spacial score (nSPS) is 20.7. The van der Waals surface area contributed by atoms with Crippen molar-refractivity contribution in [2.45, 2.75) is 43.5 Å². The third-order valence-corrected chi connectivity index (χ3v) is 6.39. The quantitative estimate of drug-likeness (QED) is 0.865. The second kappa shape index (κ2) is 5.78. The van der Waals surface area contributed by atoms with Crippen molar-refractivity contribution in [3.05, 3.63) is 42.5 Å². The summed E-state index contributed by atoms with van der Waals surface area (Å²) in [5, 5.41) is 1.80. The lowest BCUT2D eigenvalue weighted by Crippen LogP contribution is -2.43. The molecule has 0 aromatic heterocycles. The lowest BCUT2D eigenvalue weighted by Gasteiger charge is -2.34. The van der Waals surface area contributed by atoms with Gasteiger partial charge in [-0.3, -0.25) is 0 Å². The average molecular weight is 303 g/mol. The Morgan fingerprint density at radius 1 is 1.10 bits per heavy atom. The molecule has 0 N–H and O–H groups in total. The monoisotopic (exact) mass is 303 g/mol. The van der Waals surface area contributed by atoms with Crippen LogP contribution in [0.1, 0.15) is 32.6 Å². The van der Waals surface area contributed by atoms with Crippen LogP contribution in [-0.4, -0.2) is 25.3 Å². The Morgan fingerprint density at radius 2 is 1.86 bits per heavy atom. The van der Waals surface area contributed by atoms with E-state index in [1.807, 2.05) is 36.4 Å². The molecule has 4 heteroatoms. The van der Waals surface area contributed by atoms with Gasteiger partial charge in [0.05, 0.1) is 4.90 Å². The smallest absolute Gasteiger partial charge is 0.207 e. The predicted octanol–water partition coefficient (Wildman–Crippen LogP) is 3.79. The Bertz CT molecular complexity index is 734. The number of hydrogen-bond acceptors (Lipinski definition) is 2. The van der Waals surface area contributed by atoms with Gasteiger partial charge in [-0.2, -0.15) is 4.31 Å². The lowest BCUT2D eigenvalue weighted by atomic mass is 10.0. The Kier molecular flexibility index (Phi) is 4.00. The number of piperidine rings is 1. The summed E-state index contributed by atoms with van der Waals surface area (Å²) in [6, 6.07) is 13.4. The van der Waals surface area contributed by atoms with E-state index in [2.05, 4.69) is 6.92 Å². The van der Waals surface area contributed by atoms with Crippen LogP contribution in [0.4, 0.5) is 0 Å². The SMILES string of the molecule is CC[C@@H]1CCCCN1S(=O)(=O)c1cccc2ccccc12. The summed E-state index contributed by atoms with van der Waals surface area (Å²) in [5.74, 6) is 0. The Labute approximate surface area is 126 Å². The fourth-order valence-electron chi connectivity index (χ4n) is 3.25. The number of nitrogens with zero attached hydrogens (tertiary/aromatic N) is 1. The zero-order valence-electron chi connectivity index (χ0n) is 12.3. The van der Waals surface area contributed by atoms with E-state index in [0.29, 0.717) is 11.4 Å². The van der Waals surface area contributed by atoms with Gasteiger partial charge in [0.1, 0.15) is 0 Å². The summed E-state index contributed by atoms with van der Waals surface area (Å²) < 4.78 is 27.9. The van der Waals surface area contributed by atoms with Crippen LogP contribution >= 0.6 is 0 Å². The molecule has 1 saturated heterocycles. The third-order valence-electron chi connectivity index (χ3n) is 4.38. The minimum absolute atomic E-state index is 0.141. The van der Waals surface area contributed by atoms with E-state index in [1.54, 1.807) is 10.4 Å². The van der Waals surface area contributed by atoms with Crippen molar-refractivity contribution in [3.63, 3.8) is 0 Å². The maximum atomic E-state index is 13.1. The number of rotatable bonds is 3. The van der Waals surface area contributed by atoms with Gasteiger partial charge in [-0.05, 0) is 30.7 Å². The largest absolute Gasteiger partial charge is 0.243 e. The minimum atomic E-state index is -3.42. The molecule has 1 aliphatic heterocycles. The molecule has 0 bridgehead atoms. The molecule has 0 spiro atoms. The highest BCUT2D eigenvalue weighted by atomic mass is 32.2. The Balaban J connectivity index is 2.12. The molecule has 0 amide bonds. The van der Waals surface area contributed by atoms with E-state index < -0.39 is 10.0 Å². The van der Waals surface area contributed by atoms with Crippen LogP contribution < -0.4 is 0 Å². The standard InChI is InChI=1S/C17H21NO2S/c1-2-15-10-5-6-13-18(15)21(19,20)17-12-7-9-14-8-3-4-11-16(14)17/h3-4,7-9,11-12,15H,2,5-6,10,13H2,1H3/t15-/m1/s1. The van der Waals surface area contributed by atoms with Gasteiger partial charge in [-0.15, -0.1) is 0 Å². The average Bonchev–Trinajstić information content (AvgIpc) is 2.54. The fourth-order valence-corrected chi connectivity index (χ4v) is 5.23. The molecule has 0 saturated carbocycles. The fraction of sp³-hybridized carbons (Fsp3) is 0.412. The van der Waals surface area contributed by atoms with Crippen molar-refractivity contribution in [2.24, 2.45) is 0 Å². The second-order valence-electron chi connectivity index (χ2n) is 5.65. The Morgan fingerprint density at radius 3 is 2.67 bits per heavy atom. The first-order valence-corrected chi connectivity index (χ1v) is 9.08. The molecule has 3 rings (SSSR count). The third kappa shape index (κ3) is 2.58. The maximum Gasteiger partial charge on any atom is 0.243 e. The molecular formula is C17H21NO2S. The minimum Gasteiger partial charge on any atom is -0.207 e. The van der Waals surface area contributed by atoms with Gasteiger partial charge in [0, 0.05) is 18.0 Å². The molecule has 3 nitrogen and oxygen atoms in total. The van der Waals surface area contributed by atoms with Gasteiger partial charge in [-0.25, -0.2) is 8.42 Å². The van der Waals surface area contributed by atoms with Crippen molar-refractivity contribution in [1.29, 1.82) is 0 Å². The molecule has 21 heavy (non-hydrogen) atoms. The van der Waals surface area contributed by atoms with Crippen LogP contribution in [0.5, 0.6) is 0 Å². The van der Waals surface area contributed by atoms with Gasteiger partial charge in [0.25, 0.3) is 0 Å². The van der Waals surface area contributed by atoms with Crippen LogP contribution in [0.2, 0.25) is 0 Å². The van der Waals surface area contributed by atoms with Gasteiger partial charge < -0.3 is 0 Å². The first-order chi connectivity index (χ1) is 10.1. The highest BCUT2D eigenvalue weighted by molar-refractivity contribution is 7.89. The van der Waals surface area contributed by atoms with Crippen LogP contribution in [0.3, 0.4) is 0 Å².